The van der Waals surface area contributed by atoms with Gasteiger partial charge >= 0.3 is 5.97 Å². The zero-order valence-corrected chi connectivity index (χ0v) is 16.0. The van der Waals surface area contributed by atoms with Crippen molar-refractivity contribution in [2.75, 3.05) is 19.7 Å². The minimum absolute atomic E-state index is 0.0704. The van der Waals surface area contributed by atoms with Gasteiger partial charge in [-0.2, -0.15) is 0 Å². The van der Waals surface area contributed by atoms with Gasteiger partial charge in [0.2, 0.25) is 0 Å². The van der Waals surface area contributed by atoms with Crippen LogP contribution in [0.5, 0.6) is 0 Å². The average molecular weight is 398 g/mol. The van der Waals surface area contributed by atoms with Gasteiger partial charge in [0.25, 0.3) is 11.8 Å². The highest BCUT2D eigenvalue weighted by Crippen LogP contribution is 2.38. The second-order valence-electron chi connectivity index (χ2n) is 7.43. The van der Waals surface area contributed by atoms with E-state index in [1.54, 1.807) is 35.2 Å². The van der Waals surface area contributed by atoms with E-state index in [1.165, 1.54) is 11.2 Å². The van der Waals surface area contributed by atoms with Gasteiger partial charge in [0.05, 0.1) is 12.9 Å². The number of ether oxygens (including phenoxy) is 1. The predicted octanol–water partition coefficient (Wildman–Crippen LogP) is 2.15. The highest BCUT2D eigenvalue weighted by molar-refractivity contribution is 5.97. The number of piperidine rings is 1. The number of benzene rings is 1. The molecule has 4 rings (SSSR count). The number of carboxylic acids is 1. The molecule has 2 aromatic rings. The summed E-state index contributed by atoms with van der Waals surface area (Å²) in [4.78, 5) is 40.6. The Bertz CT molecular complexity index is 930. The summed E-state index contributed by atoms with van der Waals surface area (Å²) in [5, 5.41) is 9.66. The van der Waals surface area contributed by atoms with Crippen molar-refractivity contribution in [2.45, 2.75) is 31.5 Å². The Balaban J connectivity index is 1.58. The number of carboxylic acid groups (broad SMARTS) is 1. The van der Waals surface area contributed by atoms with Crippen molar-refractivity contribution in [3.63, 3.8) is 0 Å². The second kappa shape index (κ2) is 7.36. The van der Waals surface area contributed by atoms with Crippen LogP contribution in [-0.2, 0) is 9.53 Å². The molecule has 0 aliphatic carbocycles. The number of amides is 2. The molecular weight excluding hydrogens is 376 g/mol. The highest BCUT2D eigenvalue weighted by atomic mass is 16.5. The largest absolute Gasteiger partial charge is 0.480 e. The monoisotopic (exact) mass is 398 g/mol. The fourth-order valence-corrected chi connectivity index (χ4v) is 4.09. The predicted molar refractivity (Wildman–Crippen MR) is 101 cm³/mol. The summed E-state index contributed by atoms with van der Waals surface area (Å²) in [5.74, 6) is -1.44. The zero-order valence-electron chi connectivity index (χ0n) is 16.0. The molecule has 1 aromatic heterocycles. The number of rotatable bonds is 3. The standard InChI is InChI=1S/C21H22N2O6/c1-14-4-2-5-15(12-14)18(24)23-16(20(26)27)13-29-21(23)7-9-22(10-8-21)19(25)17-6-3-11-28-17/h2-6,11-12,16H,7-10,13H2,1H3,(H,26,27)/t16-/m0/s1. The fraction of sp³-hybridized carbons (Fsp3) is 0.381. The summed E-state index contributed by atoms with van der Waals surface area (Å²) in [7, 11) is 0. The number of hydrogen-bond donors (Lipinski definition) is 1. The van der Waals surface area contributed by atoms with Crippen molar-refractivity contribution < 1.29 is 28.6 Å². The lowest BCUT2D eigenvalue weighted by atomic mass is 9.96. The number of aryl methyl sites for hydroxylation is 1. The number of carbonyl (C=O) groups excluding carboxylic acids is 2. The summed E-state index contributed by atoms with van der Waals surface area (Å²) < 4.78 is 11.1. The number of nitrogens with zero attached hydrogens (tertiary/aromatic N) is 2. The molecule has 8 nitrogen and oxygen atoms in total. The Morgan fingerprint density at radius 2 is 1.86 bits per heavy atom. The molecule has 0 unspecified atom stereocenters. The third-order valence-electron chi connectivity index (χ3n) is 5.59. The van der Waals surface area contributed by atoms with Crippen LogP contribution in [0.1, 0.15) is 39.3 Å². The zero-order chi connectivity index (χ0) is 20.6. The molecule has 8 heteroatoms. The van der Waals surface area contributed by atoms with E-state index >= 15 is 0 Å². The lowest BCUT2D eigenvalue weighted by Crippen LogP contribution is -2.58. The lowest BCUT2D eigenvalue weighted by molar-refractivity contribution is -0.143. The minimum Gasteiger partial charge on any atom is -0.480 e. The first-order chi connectivity index (χ1) is 13.9. The van der Waals surface area contributed by atoms with Crippen molar-refractivity contribution in [1.82, 2.24) is 9.80 Å². The molecule has 3 heterocycles. The number of likely N-dealkylation sites (tertiary alicyclic amines) is 1. The normalized spacial score (nSPS) is 20.8. The van der Waals surface area contributed by atoms with Gasteiger partial charge in [0.1, 0.15) is 5.72 Å². The van der Waals surface area contributed by atoms with Gasteiger partial charge < -0.3 is 19.2 Å². The molecule has 0 saturated carbocycles. The number of hydrogen-bond acceptors (Lipinski definition) is 5. The van der Waals surface area contributed by atoms with E-state index in [4.69, 9.17) is 9.15 Å². The van der Waals surface area contributed by atoms with Crippen LogP contribution in [0, 0.1) is 6.92 Å². The molecule has 1 spiro atoms. The van der Waals surface area contributed by atoms with Crippen molar-refractivity contribution in [3.05, 3.63) is 59.5 Å². The molecule has 2 saturated heterocycles. The highest BCUT2D eigenvalue weighted by Gasteiger charge is 2.54. The van der Waals surface area contributed by atoms with Crippen molar-refractivity contribution >= 4 is 17.8 Å². The molecule has 29 heavy (non-hydrogen) atoms. The Kier molecular flexibility index (Phi) is 4.87. The SMILES string of the molecule is Cc1cccc(C(=O)N2[C@H](C(=O)O)COC23CCN(C(=O)c2ccco2)CC3)c1. The third kappa shape index (κ3) is 3.40. The number of furan rings is 1. The molecule has 0 bridgehead atoms. The first kappa shape index (κ1) is 19.2. The van der Waals surface area contributed by atoms with Gasteiger partial charge in [-0.3, -0.25) is 14.5 Å². The summed E-state index contributed by atoms with van der Waals surface area (Å²) in [5.41, 5.74) is 0.301. The minimum atomic E-state index is -1.10. The summed E-state index contributed by atoms with van der Waals surface area (Å²) in [6.45, 7) is 2.48. The summed E-state index contributed by atoms with van der Waals surface area (Å²) >= 11 is 0. The molecule has 1 atom stereocenters. The van der Waals surface area contributed by atoms with E-state index in [2.05, 4.69) is 0 Å². The number of aliphatic carboxylic acids is 1. The molecule has 2 aliphatic rings. The Hall–Kier alpha value is -3.13. The molecular formula is C21H22N2O6. The fourth-order valence-electron chi connectivity index (χ4n) is 4.09. The molecule has 152 valence electrons. The van der Waals surface area contributed by atoms with Crippen LogP contribution in [0.3, 0.4) is 0 Å². The van der Waals surface area contributed by atoms with Crippen molar-refractivity contribution in [2.24, 2.45) is 0 Å². The van der Waals surface area contributed by atoms with Gasteiger partial charge in [0, 0.05) is 31.5 Å². The van der Waals surface area contributed by atoms with Crippen LogP contribution in [0.4, 0.5) is 0 Å². The van der Waals surface area contributed by atoms with Crippen molar-refractivity contribution in [3.8, 4) is 0 Å². The van der Waals surface area contributed by atoms with E-state index in [-0.39, 0.29) is 24.2 Å². The first-order valence-corrected chi connectivity index (χ1v) is 9.51. The Morgan fingerprint density at radius 1 is 1.10 bits per heavy atom. The van der Waals surface area contributed by atoms with Crippen LogP contribution in [0.15, 0.2) is 47.1 Å². The smallest absolute Gasteiger partial charge is 0.328 e. The van der Waals surface area contributed by atoms with Gasteiger partial charge in [-0.25, -0.2) is 4.79 Å². The van der Waals surface area contributed by atoms with Gasteiger partial charge in [0.15, 0.2) is 11.8 Å². The van der Waals surface area contributed by atoms with E-state index < -0.39 is 17.7 Å². The molecule has 1 aromatic carbocycles. The molecule has 1 N–H and O–H groups in total. The van der Waals surface area contributed by atoms with E-state index in [0.717, 1.165) is 5.56 Å². The van der Waals surface area contributed by atoms with Crippen LogP contribution in [0.25, 0.3) is 0 Å². The van der Waals surface area contributed by atoms with Gasteiger partial charge in [-0.15, -0.1) is 0 Å². The molecule has 0 radical (unpaired) electrons. The Morgan fingerprint density at radius 3 is 2.48 bits per heavy atom. The summed E-state index contributed by atoms with van der Waals surface area (Å²) in [6, 6.07) is 9.26. The van der Waals surface area contributed by atoms with Gasteiger partial charge in [-0.1, -0.05) is 17.7 Å². The average Bonchev–Trinajstić information content (AvgIpc) is 3.36. The maximum atomic E-state index is 13.3. The lowest BCUT2D eigenvalue weighted by Gasteiger charge is -2.44. The van der Waals surface area contributed by atoms with Crippen LogP contribution >= 0.6 is 0 Å². The van der Waals surface area contributed by atoms with Crippen LogP contribution < -0.4 is 0 Å². The van der Waals surface area contributed by atoms with E-state index in [0.29, 0.717) is 31.5 Å². The topological polar surface area (TPSA) is 100 Å². The third-order valence-corrected chi connectivity index (χ3v) is 5.59. The second-order valence-corrected chi connectivity index (χ2v) is 7.43. The van der Waals surface area contributed by atoms with Crippen LogP contribution in [0.2, 0.25) is 0 Å². The maximum absolute atomic E-state index is 13.3. The van der Waals surface area contributed by atoms with E-state index in [1.807, 2.05) is 13.0 Å². The van der Waals surface area contributed by atoms with E-state index in [9.17, 15) is 19.5 Å². The Labute approximate surface area is 167 Å². The summed E-state index contributed by atoms with van der Waals surface area (Å²) in [6.07, 6.45) is 2.11. The van der Waals surface area contributed by atoms with Crippen LogP contribution in [-0.4, -0.2) is 64.2 Å². The quantitative estimate of drug-likeness (QED) is 0.850. The molecule has 2 amide bonds. The molecule has 2 fully saturated rings. The molecule has 2 aliphatic heterocycles. The number of carbonyl (C=O) groups is 3. The van der Waals surface area contributed by atoms with Gasteiger partial charge in [-0.05, 0) is 31.2 Å². The maximum Gasteiger partial charge on any atom is 0.328 e. The van der Waals surface area contributed by atoms with Crippen molar-refractivity contribution in [1.29, 1.82) is 0 Å². The first-order valence-electron chi connectivity index (χ1n) is 9.51.